The molecule has 0 radical (unpaired) electrons. The molecule has 30 heavy (non-hydrogen) atoms. The SMILES string of the molecule is Cc1cc(C)c(C=CCNC(=O)OCC2c3ccccc3-c3ccccc32)cc1C. The highest BCUT2D eigenvalue weighted by Crippen LogP contribution is 2.44. The van der Waals surface area contributed by atoms with Crippen LogP contribution in [0.2, 0.25) is 0 Å². The van der Waals surface area contributed by atoms with Gasteiger partial charge in [0.05, 0.1) is 0 Å². The highest BCUT2D eigenvalue weighted by atomic mass is 16.5. The monoisotopic (exact) mass is 397 g/mol. The smallest absolute Gasteiger partial charge is 0.407 e. The summed E-state index contributed by atoms with van der Waals surface area (Å²) in [6, 6.07) is 21.1. The van der Waals surface area contributed by atoms with Gasteiger partial charge in [0.1, 0.15) is 6.61 Å². The van der Waals surface area contributed by atoms with Gasteiger partial charge >= 0.3 is 6.09 Å². The number of aryl methyl sites for hydroxylation is 3. The van der Waals surface area contributed by atoms with Crippen molar-refractivity contribution < 1.29 is 9.53 Å². The fraction of sp³-hybridized carbons (Fsp3) is 0.222. The molecule has 1 N–H and O–H groups in total. The van der Waals surface area contributed by atoms with Crippen LogP contribution in [0, 0.1) is 20.8 Å². The Bertz CT molecular complexity index is 1070. The minimum absolute atomic E-state index is 0.0804. The predicted molar refractivity (Wildman–Crippen MR) is 123 cm³/mol. The third-order valence-corrected chi connectivity index (χ3v) is 5.89. The van der Waals surface area contributed by atoms with Gasteiger partial charge in [0.2, 0.25) is 0 Å². The largest absolute Gasteiger partial charge is 0.449 e. The Morgan fingerprint density at radius 1 is 0.900 bits per heavy atom. The lowest BCUT2D eigenvalue weighted by atomic mass is 9.98. The zero-order chi connectivity index (χ0) is 21.1. The molecule has 0 unspecified atom stereocenters. The molecule has 3 heteroatoms. The van der Waals surface area contributed by atoms with E-state index < -0.39 is 6.09 Å². The minimum atomic E-state index is -0.390. The fourth-order valence-electron chi connectivity index (χ4n) is 4.14. The van der Waals surface area contributed by atoms with E-state index in [2.05, 4.69) is 74.6 Å². The number of ether oxygens (including phenoxy) is 1. The van der Waals surface area contributed by atoms with Gasteiger partial charge in [-0.1, -0.05) is 72.8 Å². The first-order valence-electron chi connectivity index (χ1n) is 10.4. The topological polar surface area (TPSA) is 38.3 Å². The van der Waals surface area contributed by atoms with Crippen LogP contribution in [-0.4, -0.2) is 19.2 Å². The van der Waals surface area contributed by atoms with Gasteiger partial charge in [-0.3, -0.25) is 0 Å². The zero-order valence-corrected chi connectivity index (χ0v) is 17.7. The van der Waals surface area contributed by atoms with Gasteiger partial charge in [-0.05, 0) is 65.3 Å². The zero-order valence-electron chi connectivity index (χ0n) is 17.7. The van der Waals surface area contributed by atoms with Crippen molar-refractivity contribution in [3.05, 3.63) is 100 Å². The highest BCUT2D eigenvalue weighted by molar-refractivity contribution is 5.79. The van der Waals surface area contributed by atoms with E-state index >= 15 is 0 Å². The number of hydrogen-bond acceptors (Lipinski definition) is 2. The molecule has 0 aliphatic heterocycles. The van der Waals surface area contributed by atoms with Crippen LogP contribution in [0.1, 0.15) is 39.3 Å². The van der Waals surface area contributed by atoms with Crippen LogP contribution < -0.4 is 5.32 Å². The summed E-state index contributed by atoms with van der Waals surface area (Å²) in [5, 5.41) is 2.82. The second-order valence-electron chi connectivity index (χ2n) is 7.90. The maximum absolute atomic E-state index is 12.2. The second-order valence-corrected chi connectivity index (χ2v) is 7.90. The molecule has 0 saturated heterocycles. The first-order chi connectivity index (χ1) is 14.5. The van der Waals surface area contributed by atoms with Gasteiger partial charge in [-0.25, -0.2) is 4.79 Å². The predicted octanol–water partition coefficient (Wildman–Crippen LogP) is 6.16. The molecule has 0 heterocycles. The number of rotatable bonds is 5. The molecular weight excluding hydrogens is 370 g/mol. The number of carbonyl (C=O) groups is 1. The Labute approximate surface area is 178 Å². The van der Waals surface area contributed by atoms with Crippen LogP contribution in [-0.2, 0) is 4.74 Å². The molecule has 0 atom stereocenters. The summed E-state index contributed by atoms with van der Waals surface area (Å²) < 4.78 is 5.57. The second kappa shape index (κ2) is 8.58. The van der Waals surface area contributed by atoms with Gasteiger partial charge in [-0.15, -0.1) is 0 Å². The molecule has 0 aromatic heterocycles. The average molecular weight is 398 g/mol. The van der Waals surface area contributed by atoms with E-state index in [1.165, 1.54) is 44.5 Å². The van der Waals surface area contributed by atoms with E-state index in [9.17, 15) is 4.79 Å². The van der Waals surface area contributed by atoms with Gasteiger partial charge in [-0.2, -0.15) is 0 Å². The van der Waals surface area contributed by atoms with Gasteiger partial charge in [0.25, 0.3) is 0 Å². The summed E-state index contributed by atoms with van der Waals surface area (Å²) in [7, 11) is 0. The molecule has 1 amide bonds. The van der Waals surface area contributed by atoms with E-state index in [4.69, 9.17) is 4.74 Å². The van der Waals surface area contributed by atoms with Crippen LogP contribution in [0.5, 0.6) is 0 Å². The lowest BCUT2D eigenvalue weighted by Crippen LogP contribution is -2.26. The van der Waals surface area contributed by atoms with E-state index in [1.54, 1.807) is 0 Å². The fourth-order valence-corrected chi connectivity index (χ4v) is 4.14. The molecule has 0 fully saturated rings. The molecule has 1 aliphatic carbocycles. The Morgan fingerprint density at radius 2 is 1.50 bits per heavy atom. The Kier molecular flexibility index (Phi) is 5.71. The van der Waals surface area contributed by atoms with Crippen molar-refractivity contribution in [2.45, 2.75) is 26.7 Å². The summed E-state index contributed by atoms with van der Waals surface area (Å²) in [5.74, 6) is 0.0804. The Morgan fingerprint density at radius 3 is 2.17 bits per heavy atom. The number of nitrogens with one attached hydrogen (secondary N) is 1. The molecule has 0 spiro atoms. The van der Waals surface area contributed by atoms with E-state index in [-0.39, 0.29) is 5.92 Å². The molecule has 1 aliphatic rings. The lowest BCUT2D eigenvalue weighted by molar-refractivity contribution is 0.144. The van der Waals surface area contributed by atoms with Crippen molar-refractivity contribution in [3.63, 3.8) is 0 Å². The molecule has 0 bridgehead atoms. The first kappa shape index (κ1) is 20.0. The number of carbonyl (C=O) groups excluding carboxylic acids is 1. The average Bonchev–Trinajstić information content (AvgIpc) is 3.07. The Balaban J connectivity index is 1.34. The van der Waals surface area contributed by atoms with Crippen LogP contribution >= 0.6 is 0 Å². The normalized spacial score (nSPS) is 12.6. The van der Waals surface area contributed by atoms with Crippen molar-refractivity contribution >= 4 is 12.2 Å². The molecule has 152 valence electrons. The minimum Gasteiger partial charge on any atom is -0.449 e. The Hall–Kier alpha value is -3.33. The van der Waals surface area contributed by atoms with Crippen molar-refractivity contribution in [2.75, 3.05) is 13.2 Å². The molecule has 0 saturated carbocycles. The molecule has 3 aromatic carbocycles. The van der Waals surface area contributed by atoms with Gasteiger partial charge < -0.3 is 10.1 Å². The van der Waals surface area contributed by atoms with Crippen molar-refractivity contribution in [3.8, 4) is 11.1 Å². The van der Waals surface area contributed by atoms with E-state index in [0.717, 1.165) is 0 Å². The molecule has 3 aromatic rings. The van der Waals surface area contributed by atoms with Crippen LogP contribution in [0.4, 0.5) is 4.79 Å². The van der Waals surface area contributed by atoms with Crippen LogP contribution in [0.25, 0.3) is 17.2 Å². The van der Waals surface area contributed by atoms with Crippen LogP contribution in [0.3, 0.4) is 0 Å². The lowest BCUT2D eigenvalue weighted by Gasteiger charge is -2.14. The number of benzene rings is 3. The number of amides is 1. The molecule has 3 nitrogen and oxygen atoms in total. The standard InChI is InChI=1S/C27H27NO2/c1-18-15-20(3)21(16-19(18)2)9-8-14-28-27(29)30-17-26-24-12-6-4-10-22(24)23-11-5-7-13-25(23)26/h4-13,15-16,26H,14,17H2,1-3H3,(H,28,29). The third-order valence-electron chi connectivity index (χ3n) is 5.89. The van der Waals surface area contributed by atoms with E-state index in [1.807, 2.05) is 24.3 Å². The maximum atomic E-state index is 12.2. The van der Waals surface area contributed by atoms with E-state index in [0.29, 0.717) is 13.2 Å². The van der Waals surface area contributed by atoms with Crippen molar-refractivity contribution in [1.82, 2.24) is 5.32 Å². The summed E-state index contributed by atoms with van der Waals surface area (Å²) in [6.45, 7) is 7.10. The summed E-state index contributed by atoms with van der Waals surface area (Å²) >= 11 is 0. The van der Waals surface area contributed by atoms with Gasteiger partial charge in [0, 0.05) is 12.5 Å². The van der Waals surface area contributed by atoms with Crippen LogP contribution in [0.15, 0.2) is 66.7 Å². The summed E-state index contributed by atoms with van der Waals surface area (Å²) in [5.41, 5.74) is 9.87. The quantitative estimate of drug-likeness (QED) is 0.560. The summed E-state index contributed by atoms with van der Waals surface area (Å²) in [4.78, 5) is 12.2. The third kappa shape index (κ3) is 4.02. The number of hydrogen-bond donors (Lipinski definition) is 1. The first-order valence-corrected chi connectivity index (χ1v) is 10.4. The maximum Gasteiger partial charge on any atom is 0.407 e. The number of fused-ring (bicyclic) bond motifs is 3. The van der Waals surface area contributed by atoms with Gasteiger partial charge in [0.15, 0.2) is 0 Å². The highest BCUT2D eigenvalue weighted by Gasteiger charge is 2.28. The number of alkyl carbamates (subject to hydrolysis) is 1. The molecular formula is C27H27NO2. The van der Waals surface area contributed by atoms with Crippen molar-refractivity contribution in [1.29, 1.82) is 0 Å². The summed E-state index contributed by atoms with van der Waals surface area (Å²) in [6.07, 6.45) is 3.61. The van der Waals surface area contributed by atoms with Crippen molar-refractivity contribution in [2.24, 2.45) is 0 Å². The molecule has 4 rings (SSSR count).